The Hall–Kier alpha value is -1.40. The minimum atomic E-state index is -3.31. The van der Waals surface area contributed by atoms with Gasteiger partial charge in [-0.25, -0.2) is 13.4 Å². The van der Waals surface area contributed by atoms with Crippen molar-refractivity contribution in [3.8, 4) is 0 Å². The normalized spacial score (nSPS) is 11.5. The predicted octanol–water partition coefficient (Wildman–Crippen LogP) is 3.13. The molecule has 0 aliphatic carbocycles. The van der Waals surface area contributed by atoms with E-state index in [1.807, 2.05) is 44.2 Å². The molecule has 6 heteroatoms. The summed E-state index contributed by atoms with van der Waals surface area (Å²) in [6, 6.07) is 9.89. The molecule has 0 saturated carbocycles. The number of anilines is 1. The summed E-state index contributed by atoms with van der Waals surface area (Å²) in [6.07, 6.45) is 1.36. The summed E-state index contributed by atoms with van der Waals surface area (Å²) in [5.74, 6) is 0.111. The van der Waals surface area contributed by atoms with Crippen LogP contribution in [0.15, 0.2) is 30.3 Å². The van der Waals surface area contributed by atoms with Crippen LogP contribution in [0.5, 0.6) is 0 Å². The van der Waals surface area contributed by atoms with E-state index in [4.69, 9.17) is 0 Å². The first-order chi connectivity index (χ1) is 9.46. The lowest BCUT2D eigenvalue weighted by atomic mass is 10.1. The average Bonchev–Trinajstić information content (AvgIpc) is 2.68. The molecule has 1 aromatic carbocycles. The number of nitrogens with zero attached hydrogens (tertiary/aromatic N) is 1. The highest BCUT2D eigenvalue weighted by atomic mass is 32.2. The van der Waals surface area contributed by atoms with Crippen LogP contribution in [0.2, 0.25) is 0 Å². The number of hydrogen-bond donors (Lipinski definition) is 1. The zero-order chi connectivity index (χ0) is 14.6. The van der Waals surface area contributed by atoms with Crippen LogP contribution in [0, 0.1) is 13.8 Å². The molecule has 0 aliphatic rings. The van der Waals surface area contributed by atoms with E-state index in [0.717, 1.165) is 22.6 Å². The fourth-order valence-electron chi connectivity index (χ4n) is 1.81. The maximum atomic E-state index is 12.0. The van der Waals surface area contributed by atoms with E-state index in [0.29, 0.717) is 11.6 Å². The van der Waals surface area contributed by atoms with Gasteiger partial charge in [0.1, 0.15) is 0 Å². The summed E-state index contributed by atoms with van der Waals surface area (Å²) in [5.41, 5.74) is 2.03. The van der Waals surface area contributed by atoms with Crippen LogP contribution in [0.3, 0.4) is 0 Å². The van der Waals surface area contributed by atoms with Crippen molar-refractivity contribution in [1.82, 2.24) is 4.98 Å². The Labute approximate surface area is 123 Å². The minimum absolute atomic E-state index is 0.111. The van der Waals surface area contributed by atoms with Gasteiger partial charge in [0.05, 0.1) is 11.4 Å². The topological polar surface area (TPSA) is 59.1 Å². The first-order valence-electron chi connectivity index (χ1n) is 6.45. The Bertz CT molecular complexity index is 644. The van der Waals surface area contributed by atoms with Crippen LogP contribution in [0.1, 0.15) is 22.6 Å². The molecule has 2 rings (SSSR count). The first-order valence-corrected chi connectivity index (χ1v) is 8.91. The van der Waals surface area contributed by atoms with Gasteiger partial charge in [0.25, 0.3) is 0 Å². The summed E-state index contributed by atoms with van der Waals surface area (Å²) >= 11 is 1.37. The van der Waals surface area contributed by atoms with Gasteiger partial charge in [-0.05, 0) is 32.3 Å². The average molecular weight is 310 g/mol. The standard InChI is InChI=1S/C14H18N2O2S2/c1-11-12(2)19-14(15-11)16-20(17,18)10-6-9-13-7-4-3-5-8-13/h3-5,7-8H,6,9-10H2,1-2H3,(H,15,16). The van der Waals surface area contributed by atoms with Gasteiger partial charge in [0, 0.05) is 4.88 Å². The molecule has 108 valence electrons. The molecule has 0 bridgehead atoms. The molecule has 0 amide bonds. The van der Waals surface area contributed by atoms with Crippen molar-refractivity contribution in [2.75, 3.05) is 10.5 Å². The van der Waals surface area contributed by atoms with Crippen LogP contribution in [-0.4, -0.2) is 19.2 Å². The van der Waals surface area contributed by atoms with Gasteiger partial charge in [0.15, 0.2) is 5.13 Å². The molecule has 1 aromatic heterocycles. The first kappa shape index (κ1) is 15.0. The minimum Gasteiger partial charge on any atom is -0.259 e. The Balaban J connectivity index is 1.88. The molecule has 20 heavy (non-hydrogen) atoms. The smallest absolute Gasteiger partial charge is 0.234 e. The molecule has 1 heterocycles. The van der Waals surface area contributed by atoms with Crippen molar-refractivity contribution in [2.45, 2.75) is 26.7 Å². The van der Waals surface area contributed by atoms with Gasteiger partial charge in [-0.15, -0.1) is 11.3 Å². The largest absolute Gasteiger partial charge is 0.259 e. The van der Waals surface area contributed by atoms with E-state index in [-0.39, 0.29) is 5.75 Å². The highest BCUT2D eigenvalue weighted by molar-refractivity contribution is 7.92. The summed E-state index contributed by atoms with van der Waals surface area (Å²) in [4.78, 5) is 5.22. The van der Waals surface area contributed by atoms with Crippen molar-refractivity contribution >= 4 is 26.5 Å². The van der Waals surface area contributed by atoms with Crippen molar-refractivity contribution in [2.24, 2.45) is 0 Å². The predicted molar refractivity (Wildman–Crippen MR) is 83.8 cm³/mol. The quantitative estimate of drug-likeness (QED) is 0.891. The lowest BCUT2D eigenvalue weighted by Crippen LogP contribution is -2.17. The van der Waals surface area contributed by atoms with Gasteiger partial charge in [0.2, 0.25) is 10.0 Å². The van der Waals surface area contributed by atoms with E-state index >= 15 is 0 Å². The Morgan fingerprint density at radius 3 is 2.50 bits per heavy atom. The number of nitrogens with one attached hydrogen (secondary N) is 1. The maximum Gasteiger partial charge on any atom is 0.234 e. The van der Waals surface area contributed by atoms with Crippen molar-refractivity contribution in [3.63, 3.8) is 0 Å². The Morgan fingerprint density at radius 2 is 1.90 bits per heavy atom. The van der Waals surface area contributed by atoms with Crippen molar-refractivity contribution in [1.29, 1.82) is 0 Å². The van der Waals surface area contributed by atoms with Crippen LogP contribution in [0.25, 0.3) is 0 Å². The highest BCUT2D eigenvalue weighted by Crippen LogP contribution is 2.22. The zero-order valence-corrected chi connectivity index (χ0v) is 13.2. The van der Waals surface area contributed by atoms with E-state index in [1.54, 1.807) is 0 Å². The number of aryl methyl sites for hydroxylation is 3. The zero-order valence-electron chi connectivity index (χ0n) is 11.6. The van der Waals surface area contributed by atoms with Crippen LogP contribution in [0.4, 0.5) is 5.13 Å². The molecule has 0 fully saturated rings. The molecular weight excluding hydrogens is 292 g/mol. The lowest BCUT2D eigenvalue weighted by molar-refractivity contribution is 0.598. The summed E-state index contributed by atoms with van der Waals surface area (Å²) in [5, 5.41) is 0.458. The van der Waals surface area contributed by atoms with Crippen LogP contribution >= 0.6 is 11.3 Å². The summed E-state index contributed by atoms with van der Waals surface area (Å²) in [7, 11) is -3.31. The number of aromatic nitrogens is 1. The number of sulfonamides is 1. The third kappa shape index (κ3) is 4.31. The molecule has 4 nitrogen and oxygen atoms in total. The SMILES string of the molecule is Cc1nc(NS(=O)(=O)CCCc2ccccc2)sc1C. The number of hydrogen-bond acceptors (Lipinski definition) is 4. The molecule has 0 saturated heterocycles. The van der Waals surface area contributed by atoms with Gasteiger partial charge >= 0.3 is 0 Å². The molecular formula is C14H18N2O2S2. The number of rotatable bonds is 6. The summed E-state index contributed by atoms with van der Waals surface area (Å²) < 4.78 is 26.5. The van der Waals surface area contributed by atoms with Gasteiger partial charge in [-0.3, -0.25) is 4.72 Å². The second-order valence-electron chi connectivity index (χ2n) is 4.67. The lowest BCUT2D eigenvalue weighted by Gasteiger charge is -2.05. The number of benzene rings is 1. The second-order valence-corrected chi connectivity index (χ2v) is 7.72. The van der Waals surface area contributed by atoms with E-state index in [2.05, 4.69) is 9.71 Å². The van der Waals surface area contributed by atoms with Crippen molar-refractivity contribution in [3.05, 3.63) is 46.5 Å². The van der Waals surface area contributed by atoms with Gasteiger partial charge in [-0.1, -0.05) is 30.3 Å². The molecule has 0 atom stereocenters. The number of thiazole rings is 1. The third-order valence-electron chi connectivity index (χ3n) is 2.99. The highest BCUT2D eigenvalue weighted by Gasteiger charge is 2.13. The van der Waals surface area contributed by atoms with Crippen LogP contribution < -0.4 is 4.72 Å². The fraction of sp³-hybridized carbons (Fsp3) is 0.357. The van der Waals surface area contributed by atoms with E-state index in [9.17, 15) is 8.42 Å². The van der Waals surface area contributed by atoms with E-state index in [1.165, 1.54) is 11.3 Å². The second kappa shape index (κ2) is 6.37. The third-order valence-corrected chi connectivity index (χ3v) is 5.44. The molecule has 2 aromatic rings. The Morgan fingerprint density at radius 1 is 1.20 bits per heavy atom. The molecule has 0 unspecified atom stereocenters. The maximum absolute atomic E-state index is 12.0. The summed E-state index contributed by atoms with van der Waals surface area (Å²) in [6.45, 7) is 3.80. The van der Waals surface area contributed by atoms with E-state index < -0.39 is 10.0 Å². The van der Waals surface area contributed by atoms with Crippen LogP contribution in [-0.2, 0) is 16.4 Å². The Kier molecular flexibility index (Phi) is 4.77. The molecule has 0 radical (unpaired) electrons. The van der Waals surface area contributed by atoms with Gasteiger partial charge in [-0.2, -0.15) is 0 Å². The molecule has 1 N–H and O–H groups in total. The molecule has 0 aliphatic heterocycles. The fourth-order valence-corrected chi connectivity index (χ4v) is 3.96. The van der Waals surface area contributed by atoms with Crippen molar-refractivity contribution < 1.29 is 8.42 Å². The molecule has 0 spiro atoms. The monoisotopic (exact) mass is 310 g/mol. The van der Waals surface area contributed by atoms with Gasteiger partial charge < -0.3 is 0 Å².